The Labute approximate surface area is 131 Å². The van der Waals surface area contributed by atoms with Gasteiger partial charge in [0, 0.05) is 5.39 Å². The van der Waals surface area contributed by atoms with E-state index in [-0.39, 0.29) is 17.0 Å². The first-order chi connectivity index (χ1) is 10.9. The number of fused-ring (bicyclic) bond motifs is 1. The van der Waals surface area contributed by atoms with E-state index in [1.807, 2.05) is 0 Å². The van der Waals surface area contributed by atoms with Gasteiger partial charge in [-0.3, -0.25) is 0 Å². The standard InChI is InChI=1S/C15H13NO6S/c1-9-12-6-10(15(17)18)2-3-13(12)22-14(9)7-16-23(19,20)11-4-5-21-8-11/h2-6,8,16H,7H2,1H3,(H,17,18). The fourth-order valence-corrected chi connectivity index (χ4v) is 3.13. The van der Waals surface area contributed by atoms with Crippen molar-refractivity contribution in [2.75, 3.05) is 0 Å². The van der Waals surface area contributed by atoms with E-state index in [1.165, 1.54) is 24.5 Å². The zero-order valence-corrected chi connectivity index (χ0v) is 12.9. The maximum atomic E-state index is 12.0. The summed E-state index contributed by atoms with van der Waals surface area (Å²) in [7, 11) is -3.69. The summed E-state index contributed by atoms with van der Waals surface area (Å²) in [5.41, 5.74) is 1.34. The molecule has 2 N–H and O–H groups in total. The highest BCUT2D eigenvalue weighted by Crippen LogP contribution is 2.26. The summed E-state index contributed by atoms with van der Waals surface area (Å²) in [5.74, 6) is -0.607. The Balaban J connectivity index is 1.89. The molecule has 0 saturated carbocycles. The molecule has 2 heterocycles. The Morgan fingerprint density at radius 3 is 2.74 bits per heavy atom. The zero-order valence-electron chi connectivity index (χ0n) is 12.1. The van der Waals surface area contributed by atoms with Gasteiger partial charge in [0.2, 0.25) is 10.0 Å². The zero-order chi connectivity index (χ0) is 16.6. The molecule has 0 aliphatic heterocycles. The van der Waals surface area contributed by atoms with Crippen LogP contribution in [-0.4, -0.2) is 19.5 Å². The van der Waals surface area contributed by atoms with Crippen LogP contribution in [0.4, 0.5) is 0 Å². The predicted octanol–water partition coefficient (Wildman–Crippen LogP) is 2.51. The lowest BCUT2D eigenvalue weighted by Crippen LogP contribution is -2.22. The van der Waals surface area contributed by atoms with E-state index in [0.717, 1.165) is 6.26 Å². The number of carboxylic acids is 1. The van der Waals surface area contributed by atoms with Crippen molar-refractivity contribution in [2.24, 2.45) is 0 Å². The van der Waals surface area contributed by atoms with Crippen LogP contribution in [0.2, 0.25) is 0 Å². The van der Waals surface area contributed by atoms with Gasteiger partial charge >= 0.3 is 5.97 Å². The van der Waals surface area contributed by atoms with Crippen molar-refractivity contribution in [3.05, 3.63) is 53.7 Å². The Morgan fingerprint density at radius 2 is 2.09 bits per heavy atom. The third-order valence-corrected chi connectivity index (χ3v) is 4.89. The van der Waals surface area contributed by atoms with E-state index in [0.29, 0.717) is 22.3 Å². The van der Waals surface area contributed by atoms with Gasteiger partial charge in [-0.2, -0.15) is 0 Å². The number of hydrogen-bond acceptors (Lipinski definition) is 5. The van der Waals surface area contributed by atoms with Crippen LogP contribution in [0.15, 0.2) is 50.5 Å². The number of aromatic carboxylic acids is 1. The SMILES string of the molecule is Cc1c(CNS(=O)(=O)c2ccoc2)oc2ccc(C(=O)O)cc12. The molecule has 1 aromatic carbocycles. The van der Waals surface area contributed by atoms with E-state index >= 15 is 0 Å². The van der Waals surface area contributed by atoms with E-state index in [1.54, 1.807) is 13.0 Å². The van der Waals surface area contributed by atoms with Crippen molar-refractivity contribution in [1.29, 1.82) is 0 Å². The maximum absolute atomic E-state index is 12.0. The second-order valence-electron chi connectivity index (χ2n) is 4.95. The van der Waals surface area contributed by atoms with Gasteiger partial charge in [-0.1, -0.05) is 0 Å². The number of nitrogens with one attached hydrogen (secondary N) is 1. The first kappa shape index (κ1) is 15.3. The quantitative estimate of drug-likeness (QED) is 0.741. The fourth-order valence-electron chi connectivity index (χ4n) is 2.22. The Hall–Kier alpha value is -2.58. The molecule has 0 bridgehead atoms. The number of furan rings is 2. The van der Waals surface area contributed by atoms with Gasteiger partial charge < -0.3 is 13.9 Å². The summed E-state index contributed by atoms with van der Waals surface area (Å²) in [6.45, 7) is 1.70. The first-order valence-electron chi connectivity index (χ1n) is 6.65. The highest BCUT2D eigenvalue weighted by molar-refractivity contribution is 7.89. The minimum atomic E-state index is -3.69. The van der Waals surface area contributed by atoms with Crippen LogP contribution < -0.4 is 4.72 Å². The van der Waals surface area contributed by atoms with Gasteiger partial charge in [-0.05, 0) is 36.8 Å². The van der Waals surface area contributed by atoms with Crippen LogP contribution in [0.1, 0.15) is 21.7 Å². The molecular formula is C15H13NO6S. The first-order valence-corrected chi connectivity index (χ1v) is 8.14. The Morgan fingerprint density at radius 1 is 1.30 bits per heavy atom. The molecular weight excluding hydrogens is 322 g/mol. The molecule has 0 aliphatic rings. The second kappa shape index (κ2) is 5.56. The number of aryl methyl sites for hydroxylation is 1. The van der Waals surface area contributed by atoms with Crippen molar-refractivity contribution in [2.45, 2.75) is 18.4 Å². The monoisotopic (exact) mass is 335 g/mol. The maximum Gasteiger partial charge on any atom is 0.335 e. The van der Waals surface area contributed by atoms with E-state index in [4.69, 9.17) is 13.9 Å². The topological polar surface area (TPSA) is 110 Å². The van der Waals surface area contributed by atoms with Gasteiger partial charge in [-0.15, -0.1) is 0 Å². The van der Waals surface area contributed by atoms with Crippen LogP contribution in [0.5, 0.6) is 0 Å². The van der Waals surface area contributed by atoms with Crippen molar-refractivity contribution in [3.63, 3.8) is 0 Å². The Bertz CT molecular complexity index is 969. The molecule has 3 rings (SSSR count). The van der Waals surface area contributed by atoms with E-state index in [9.17, 15) is 13.2 Å². The average molecular weight is 335 g/mol. The number of rotatable bonds is 5. The normalized spacial score (nSPS) is 11.9. The molecule has 0 fully saturated rings. The molecule has 23 heavy (non-hydrogen) atoms. The second-order valence-corrected chi connectivity index (χ2v) is 6.72. The summed E-state index contributed by atoms with van der Waals surface area (Å²) in [4.78, 5) is 11.0. The van der Waals surface area contributed by atoms with Crippen LogP contribution >= 0.6 is 0 Å². The number of sulfonamides is 1. The molecule has 0 amide bonds. The predicted molar refractivity (Wildman–Crippen MR) is 80.6 cm³/mol. The fraction of sp³-hybridized carbons (Fsp3) is 0.133. The molecule has 120 valence electrons. The lowest BCUT2D eigenvalue weighted by atomic mass is 10.1. The molecule has 0 atom stereocenters. The Kier molecular flexibility index (Phi) is 3.70. The molecule has 8 heteroatoms. The molecule has 0 aliphatic carbocycles. The molecule has 7 nitrogen and oxygen atoms in total. The van der Waals surface area contributed by atoms with Gasteiger partial charge in [0.15, 0.2) is 0 Å². The third kappa shape index (κ3) is 2.86. The van der Waals surface area contributed by atoms with Crippen molar-refractivity contribution in [1.82, 2.24) is 4.72 Å². The third-order valence-electron chi connectivity index (χ3n) is 3.51. The van der Waals surface area contributed by atoms with Gasteiger partial charge in [0.25, 0.3) is 0 Å². The largest absolute Gasteiger partial charge is 0.478 e. The minimum absolute atomic E-state index is 0.0272. The highest BCUT2D eigenvalue weighted by atomic mass is 32.2. The lowest BCUT2D eigenvalue weighted by molar-refractivity contribution is 0.0697. The molecule has 2 aromatic heterocycles. The van der Waals surface area contributed by atoms with E-state index < -0.39 is 16.0 Å². The molecule has 3 aromatic rings. The summed E-state index contributed by atoms with van der Waals surface area (Å²) in [6, 6.07) is 5.84. The summed E-state index contributed by atoms with van der Waals surface area (Å²) in [5, 5.41) is 9.67. The average Bonchev–Trinajstić information content (AvgIpc) is 3.14. The van der Waals surface area contributed by atoms with Gasteiger partial charge in [0.1, 0.15) is 22.5 Å². The van der Waals surface area contributed by atoms with Crippen LogP contribution in [-0.2, 0) is 16.6 Å². The summed E-state index contributed by atoms with van der Waals surface area (Å²) in [6.07, 6.45) is 2.40. The highest BCUT2D eigenvalue weighted by Gasteiger charge is 2.18. The number of carboxylic acid groups (broad SMARTS) is 1. The van der Waals surface area contributed by atoms with E-state index in [2.05, 4.69) is 4.72 Å². The number of hydrogen-bond donors (Lipinski definition) is 2. The van der Waals surface area contributed by atoms with Crippen LogP contribution in [0, 0.1) is 6.92 Å². The van der Waals surface area contributed by atoms with Crippen molar-refractivity contribution in [3.8, 4) is 0 Å². The van der Waals surface area contributed by atoms with Crippen molar-refractivity contribution < 1.29 is 27.2 Å². The summed E-state index contributed by atoms with van der Waals surface area (Å²) >= 11 is 0. The lowest BCUT2D eigenvalue weighted by Gasteiger charge is -2.03. The van der Waals surface area contributed by atoms with Crippen molar-refractivity contribution >= 4 is 27.0 Å². The molecule has 0 spiro atoms. The smallest absolute Gasteiger partial charge is 0.335 e. The van der Waals surface area contributed by atoms with Crippen LogP contribution in [0.25, 0.3) is 11.0 Å². The van der Waals surface area contributed by atoms with Gasteiger partial charge in [-0.25, -0.2) is 17.9 Å². The molecule has 0 unspecified atom stereocenters. The summed E-state index contributed by atoms with van der Waals surface area (Å²) < 4.78 is 36.9. The number of carbonyl (C=O) groups is 1. The molecule has 0 radical (unpaired) electrons. The van der Waals surface area contributed by atoms with Crippen LogP contribution in [0.3, 0.4) is 0 Å². The van der Waals surface area contributed by atoms with Gasteiger partial charge in [0.05, 0.1) is 18.4 Å². The molecule has 0 saturated heterocycles. The minimum Gasteiger partial charge on any atom is -0.478 e. The number of benzene rings is 1.